The van der Waals surface area contributed by atoms with Crippen molar-refractivity contribution in [1.82, 2.24) is 9.97 Å². The Balaban J connectivity index is 1.45. The normalized spacial score (nSPS) is 15.1. The number of carbonyl (C=O) groups excluding carboxylic acids is 1. The van der Waals surface area contributed by atoms with Crippen LogP contribution in [0.3, 0.4) is 0 Å². The van der Waals surface area contributed by atoms with Gasteiger partial charge in [0.25, 0.3) is 5.91 Å². The number of nitrogens with zero attached hydrogens (tertiary/aromatic N) is 3. The van der Waals surface area contributed by atoms with Gasteiger partial charge in [-0.25, -0.2) is 18.4 Å². The van der Waals surface area contributed by atoms with E-state index >= 15 is 0 Å². The highest BCUT2D eigenvalue weighted by atomic mass is 32.2. The van der Waals surface area contributed by atoms with Crippen LogP contribution in [0.4, 0.5) is 11.4 Å². The van der Waals surface area contributed by atoms with Gasteiger partial charge in [0.15, 0.2) is 0 Å². The van der Waals surface area contributed by atoms with Crippen molar-refractivity contribution in [2.75, 3.05) is 21.9 Å². The number of ether oxygens (including phenoxy) is 1. The number of aromatic nitrogens is 2. The predicted molar refractivity (Wildman–Crippen MR) is 109 cm³/mol. The van der Waals surface area contributed by atoms with Gasteiger partial charge in [-0.2, -0.15) is 0 Å². The van der Waals surface area contributed by atoms with E-state index in [4.69, 9.17) is 4.74 Å². The lowest BCUT2D eigenvalue weighted by Crippen LogP contribution is -2.25. The Bertz CT molecular complexity index is 1120. The average molecular weight is 410 g/mol. The van der Waals surface area contributed by atoms with Gasteiger partial charge < -0.3 is 10.1 Å². The second-order valence-electron chi connectivity index (χ2n) is 6.40. The van der Waals surface area contributed by atoms with E-state index in [9.17, 15) is 13.2 Å². The number of carbonyl (C=O) groups is 1. The second kappa shape index (κ2) is 7.88. The van der Waals surface area contributed by atoms with Crippen LogP contribution < -0.4 is 14.4 Å². The molecule has 2 heterocycles. The fraction of sp³-hybridized carbons (Fsp3) is 0.150. The van der Waals surface area contributed by atoms with Gasteiger partial charge in [-0.15, -0.1) is 0 Å². The van der Waals surface area contributed by atoms with Gasteiger partial charge >= 0.3 is 6.01 Å². The van der Waals surface area contributed by atoms with E-state index in [1.54, 1.807) is 67.0 Å². The zero-order valence-corrected chi connectivity index (χ0v) is 16.2. The maximum atomic E-state index is 12.6. The Morgan fingerprint density at radius 2 is 1.79 bits per heavy atom. The molecular weight excluding hydrogens is 392 g/mol. The van der Waals surface area contributed by atoms with Crippen molar-refractivity contribution < 1.29 is 17.9 Å². The molecule has 0 bridgehead atoms. The van der Waals surface area contributed by atoms with Crippen molar-refractivity contribution in [1.29, 1.82) is 0 Å². The van der Waals surface area contributed by atoms with Crippen molar-refractivity contribution in [2.24, 2.45) is 0 Å². The topological polar surface area (TPSA) is 101 Å². The first-order valence-corrected chi connectivity index (χ1v) is 10.6. The lowest BCUT2D eigenvalue weighted by molar-refractivity contribution is 0.102. The van der Waals surface area contributed by atoms with E-state index in [-0.39, 0.29) is 17.7 Å². The monoisotopic (exact) mass is 410 g/mol. The smallest absolute Gasteiger partial charge is 0.321 e. The molecule has 8 nitrogen and oxygen atoms in total. The lowest BCUT2D eigenvalue weighted by atomic mass is 10.1. The summed E-state index contributed by atoms with van der Waals surface area (Å²) in [6.45, 7) is 0.431. The highest BCUT2D eigenvalue weighted by molar-refractivity contribution is 7.93. The van der Waals surface area contributed by atoms with Crippen LogP contribution in [-0.2, 0) is 10.0 Å². The summed E-state index contributed by atoms with van der Waals surface area (Å²) in [5, 5.41) is 2.79. The molecule has 3 aromatic rings. The van der Waals surface area contributed by atoms with Crippen molar-refractivity contribution in [3.63, 3.8) is 0 Å². The number of nitrogens with one attached hydrogen (secondary N) is 1. The Morgan fingerprint density at radius 3 is 2.48 bits per heavy atom. The summed E-state index contributed by atoms with van der Waals surface area (Å²) >= 11 is 0. The van der Waals surface area contributed by atoms with Crippen LogP contribution in [0.5, 0.6) is 11.8 Å². The van der Waals surface area contributed by atoms with E-state index in [0.717, 1.165) is 0 Å². The van der Waals surface area contributed by atoms with Crippen LogP contribution in [-0.4, -0.2) is 36.6 Å². The number of rotatable bonds is 5. The molecule has 1 amide bonds. The minimum Gasteiger partial charge on any atom is -0.424 e. The third kappa shape index (κ3) is 4.35. The maximum Gasteiger partial charge on any atom is 0.321 e. The molecule has 1 fully saturated rings. The molecule has 0 saturated carbocycles. The molecule has 0 radical (unpaired) electrons. The van der Waals surface area contributed by atoms with Crippen molar-refractivity contribution in [2.45, 2.75) is 6.42 Å². The van der Waals surface area contributed by atoms with E-state index < -0.39 is 10.0 Å². The van der Waals surface area contributed by atoms with Gasteiger partial charge in [-0.3, -0.25) is 9.10 Å². The van der Waals surface area contributed by atoms with Gasteiger partial charge in [0.05, 0.1) is 11.4 Å². The third-order valence-electron chi connectivity index (χ3n) is 4.36. The molecule has 0 atom stereocenters. The number of hydrogen-bond acceptors (Lipinski definition) is 6. The maximum absolute atomic E-state index is 12.6. The molecule has 4 rings (SSSR count). The van der Waals surface area contributed by atoms with E-state index in [0.29, 0.717) is 35.7 Å². The van der Waals surface area contributed by atoms with Crippen LogP contribution in [0.25, 0.3) is 0 Å². The van der Waals surface area contributed by atoms with Gasteiger partial charge in [0.1, 0.15) is 5.75 Å². The minimum atomic E-state index is -3.29. The highest BCUT2D eigenvalue weighted by Gasteiger charge is 2.28. The Morgan fingerprint density at radius 1 is 1.03 bits per heavy atom. The van der Waals surface area contributed by atoms with Gasteiger partial charge in [0.2, 0.25) is 10.0 Å². The number of amides is 1. The largest absolute Gasteiger partial charge is 0.424 e. The molecule has 1 saturated heterocycles. The highest BCUT2D eigenvalue weighted by Crippen LogP contribution is 2.25. The Kier molecular flexibility index (Phi) is 5.13. The van der Waals surface area contributed by atoms with Gasteiger partial charge in [-0.05, 0) is 55.0 Å². The van der Waals surface area contributed by atoms with Crippen LogP contribution in [0.2, 0.25) is 0 Å². The number of sulfonamides is 1. The summed E-state index contributed by atoms with van der Waals surface area (Å²) < 4.78 is 31.1. The fourth-order valence-electron chi connectivity index (χ4n) is 2.98. The molecule has 0 aliphatic carbocycles. The fourth-order valence-corrected chi connectivity index (χ4v) is 4.54. The molecule has 1 aliphatic rings. The third-order valence-corrected chi connectivity index (χ3v) is 6.23. The van der Waals surface area contributed by atoms with Crippen molar-refractivity contribution in [3.05, 3.63) is 72.6 Å². The summed E-state index contributed by atoms with van der Waals surface area (Å²) in [6.07, 6.45) is 3.75. The van der Waals surface area contributed by atoms with Gasteiger partial charge in [-0.1, -0.05) is 6.07 Å². The summed E-state index contributed by atoms with van der Waals surface area (Å²) in [4.78, 5) is 20.6. The number of hydrogen-bond donors (Lipinski definition) is 1. The van der Waals surface area contributed by atoms with E-state index in [1.165, 1.54) is 4.31 Å². The van der Waals surface area contributed by atoms with E-state index in [1.807, 2.05) is 0 Å². The molecule has 0 unspecified atom stereocenters. The first-order chi connectivity index (χ1) is 14.0. The average Bonchev–Trinajstić information content (AvgIpc) is 3.09. The van der Waals surface area contributed by atoms with Crippen LogP contribution >= 0.6 is 0 Å². The summed E-state index contributed by atoms with van der Waals surface area (Å²) in [5.74, 6) is 0.338. The Labute approximate surface area is 168 Å². The molecule has 2 aromatic carbocycles. The summed E-state index contributed by atoms with van der Waals surface area (Å²) in [6, 6.07) is 15.3. The summed E-state index contributed by atoms with van der Waals surface area (Å²) in [5.41, 5.74) is 1.46. The standard InChI is InChI=1S/C20H18N4O4S/c25-19(15-4-1-5-17(14-15)24-12-3-13-29(24,26)27)23-16-6-8-18(9-7-16)28-20-21-10-2-11-22-20/h1-2,4-11,14H,3,12-13H2,(H,23,25). The molecule has 1 aromatic heterocycles. The molecule has 1 N–H and O–H groups in total. The first-order valence-electron chi connectivity index (χ1n) is 8.98. The molecule has 29 heavy (non-hydrogen) atoms. The molecule has 0 spiro atoms. The molecular formula is C20H18N4O4S. The van der Waals surface area contributed by atoms with Crippen LogP contribution in [0.15, 0.2) is 67.0 Å². The van der Waals surface area contributed by atoms with Crippen molar-refractivity contribution in [3.8, 4) is 11.8 Å². The zero-order chi connectivity index (χ0) is 20.3. The second-order valence-corrected chi connectivity index (χ2v) is 8.42. The number of benzene rings is 2. The predicted octanol–water partition coefficient (Wildman–Crippen LogP) is 3.06. The SMILES string of the molecule is O=C(Nc1ccc(Oc2ncccn2)cc1)c1cccc(N2CCCS2(=O)=O)c1. The molecule has 148 valence electrons. The lowest BCUT2D eigenvalue weighted by Gasteiger charge is -2.17. The Hall–Kier alpha value is -3.46. The van der Waals surface area contributed by atoms with Crippen LogP contribution in [0, 0.1) is 0 Å². The molecule has 9 heteroatoms. The quantitative estimate of drug-likeness (QED) is 0.694. The van der Waals surface area contributed by atoms with E-state index in [2.05, 4.69) is 15.3 Å². The zero-order valence-electron chi connectivity index (χ0n) is 15.4. The van der Waals surface area contributed by atoms with Gasteiger partial charge in [0, 0.05) is 30.2 Å². The minimum absolute atomic E-state index is 0.131. The van der Waals surface area contributed by atoms with Crippen molar-refractivity contribution >= 4 is 27.3 Å². The number of anilines is 2. The summed E-state index contributed by atoms with van der Waals surface area (Å²) in [7, 11) is -3.29. The molecule has 1 aliphatic heterocycles. The first kappa shape index (κ1) is 18.9. The van der Waals surface area contributed by atoms with Crippen LogP contribution in [0.1, 0.15) is 16.8 Å².